The molecule has 0 aromatic rings. The van der Waals surface area contributed by atoms with Crippen LogP contribution in [0.15, 0.2) is 11.8 Å². The van der Waals surface area contributed by atoms with Gasteiger partial charge in [-0.25, -0.2) is 0 Å². The van der Waals surface area contributed by atoms with Crippen LogP contribution in [0.25, 0.3) is 0 Å². The van der Waals surface area contributed by atoms with Crippen molar-refractivity contribution in [3.63, 3.8) is 0 Å². The number of amides is 1. The molecule has 0 rings (SSSR count). The van der Waals surface area contributed by atoms with Gasteiger partial charge in [0.2, 0.25) is 5.91 Å². The van der Waals surface area contributed by atoms with E-state index in [-0.39, 0.29) is 16.9 Å². The first-order chi connectivity index (χ1) is 8.97. The first kappa shape index (κ1) is 19.0. The first-order valence-corrected chi connectivity index (χ1v) is 7.69. The van der Waals surface area contributed by atoms with E-state index in [0.29, 0.717) is 0 Å². The Bertz CT molecular complexity index is 332. The van der Waals surface area contributed by atoms with E-state index < -0.39 is 0 Å². The van der Waals surface area contributed by atoms with Crippen LogP contribution >= 0.6 is 0 Å². The van der Waals surface area contributed by atoms with Gasteiger partial charge >= 0.3 is 0 Å². The molecule has 0 aliphatic carbocycles. The first-order valence-electron chi connectivity index (χ1n) is 7.69. The predicted molar refractivity (Wildman–Crippen MR) is 87.6 cm³/mol. The van der Waals surface area contributed by atoms with Crippen LogP contribution in [0, 0.1) is 5.41 Å². The van der Waals surface area contributed by atoms with E-state index >= 15 is 0 Å². The fourth-order valence-electron chi connectivity index (χ4n) is 1.68. The van der Waals surface area contributed by atoms with Gasteiger partial charge in [-0.05, 0) is 39.0 Å². The minimum atomic E-state index is 0.0207. The molecule has 1 N–H and O–H groups in total. The lowest BCUT2D eigenvalue weighted by atomic mass is 9.87. The second kappa shape index (κ2) is 7.70. The summed E-state index contributed by atoms with van der Waals surface area (Å²) in [6.45, 7) is 15.8. The molecule has 1 amide bonds. The molecule has 0 aromatic heterocycles. The largest absolute Gasteiger partial charge is 0.375 e. The molecule has 0 saturated carbocycles. The molecule has 0 radical (unpaired) electrons. The smallest absolute Gasteiger partial charge is 0.248 e. The van der Waals surface area contributed by atoms with Crippen molar-refractivity contribution in [3.8, 4) is 0 Å². The van der Waals surface area contributed by atoms with E-state index in [0.717, 1.165) is 31.4 Å². The zero-order valence-electron chi connectivity index (χ0n) is 14.8. The van der Waals surface area contributed by atoms with Gasteiger partial charge in [-0.2, -0.15) is 0 Å². The van der Waals surface area contributed by atoms with Crippen LogP contribution in [-0.4, -0.2) is 29.9 Å². The molecule has 118 valence electrons. The summed E-state index contributed by atoms with van der Waals surface area (Å²) < 4.78 is 0. The summed E-state index contributed by atoms with van der Waals surface area (Å²) in [6.07, 6.45) is 4.92. The van der Waals surface area contributed by atoms with Crippen molar-refractivity contribution < 1.29 is 4.79 Å². The minimum Gasteiger partial charge on any atom is -0.375 e. The second-order valence-corrected chi connectivity index (χ2v) is 7.78. The quantitative estimate of drug-likeness (QED) is 0.591. The summed E-state index contributed by atoms with van der Waals surface area (Å²) >= 11 is 0. The van der Waals surface area contributed by atoms with Gasteiger partial charge in [0.1, 0.15) is 0 Å². The van der Waals surface area contributed by atoms with Gasteiger partial charge in [0.25, 0.3) is 0 Å². The molecular formula is C17H34N2O. The average molecular weight is 282 g/mol. The SMILES string of the molecule is CCCCNC(=O)C(=CN(C)C(C)(C)C)CC(C)(C)C. The van der Waals surface area contributed by atoms with Crippen LogP contribution in [0.3, 0.4) is 0 Å². The summed E-state index contributed by atoms with van der Waals surface area (Å²) in [5.41, 5.74) is 0.991. The van der Waals surface area contributed by atoms with Crippen LogP contribution in [0.1, 0.15) is 67.7 Å². The molecule has 3 heteroatoms. The van der Waals surface area contributed by atoms with Gasteiger partial charge < -0.3 is 10.2 Å². The molecule has 0 aliphatic rings. The number of nitrogens with one attached hydrogen (secondary N) is 1. The van der Waals surface area contributed by atoms with Crippen molar-refractivity contribution >= 4 is 5.91 Å². The third-order valence-electron chi connectivity index (χ3n) is 3.24. The summed E-state index contributed by atoms with van der Waals surface area (Å²) in [5, 5.41) is 3.03. The number of hydrogen-bond acceptors (Lipinski definition) is 2. The summed E-state index contributed by atoms with van der Waals surface area (Å²) in [4.78, 5) is 14.5. The maximum atomic E-state index is 12.4. The van der Waals surface area contributed by atoms with Crippen LogP contribution in [0.4, 0.5) is 0 Å². The highest BCUT2D eigenvalue weighted by atomic mass is 16.1. The fourth-order valence-corrected chi connectivity index (χ4v) is 1.68. The van der Waals surface area contributed by atoms with E-state index in [1.54, 1.807) is 0 Å². The van der Waals surface area contributed by atoms with Crippen molar-refractivity contribution in [2.75, 3.05) is 13.6 Å². The van der Waals surface area contributed by atoms with Crippen LogP contribution in [0.5, 0.6) is 0 Å². The van der Waals surface area contributed by atoms with Gasteiger partial charge in [-0.15, -0.1) is 0 Å². The van der Waals surface area contributed by atoms with Gasteiger partial charge in [0, 0.05) is 30.9 Å². The molecule has 0 bridgehead atoms. The molecule has 0 spiro atoms. The van der Waals surface area contributed by atoms with Crippen molar-refractivity contribution in [2.24, 2.45) is 5.41 Å². The van der Waals surface area contributed by atoms with Crippen molar-refractivity contribution in [3.05, 3.63) is 11.8 Å². The third kappa shape index (κ3) is 8.23. The fraction of sp³-hybridized carbons (Fsp3) is 0.824. The Labute approximate surface area is 125 Å². The van der Waals surface area contributed by atoms with Gasteiger partial charge in [0.15, 0.2) is 0 Å². The van der Waals surface area contributed by atoms with Gasteiger partial charge in [-0.3, -0.25) is 4.79 Å². The van der Waals surface area contributed by atoms with Crippen molar-refractivity contribution in [1.82, 2.24) is 10.2 Å². The molecule has 0 unspecified atom stereocenters. The van der Waals surface area contributed by atoms with Crippen LogP contribution in [0.2, 0.25) is 0 Å². The standard InChI is InChI=1S/C17H34N2O/c1-9-10-11-18-15(20)14(12-16(2,3)4)13-19(8)17(5,6)7/h13H,9-12H2,1-8H3,(H,18,20). The Morgan fingerprint density at radius 1 is 1.15 bits per heavy atom. The third-order valence-corrected chi connectivity index (χ3v) is 3.24. The Balaban J connectivity index is 4.99. The van der Waals surface area contributed by atoms with Crippen LogP contribution in [-0.2, 0) is 4.79 Å². The highest BCUT2D eigenvalue weighted by Crippen LogP contribution is 2.25. The number of nitrogens with zero attached hydrogens (tertiary/aromatic N) is 1. The monoisotopic (exact) mass is 282 g/mol. The Hall–Kier alpha value is -0.990. The lowest BCUT2D eigenvalue weighted by Crippen LogP contribution is -2.36. The maximum absolute atomic E-state index is 12.4. The van der Waals surface area contributed by atoms with Crippen LogP contribution < -0.4 is 5.32 Å². The molecule has 0 heterocycles. The summed E-state index contributed by atoms with van der Waals surface area (Å²) in [6, 6.07) is 0. The zero-order valence-corrected chi connectivity index (χ0v) is 14.8. The molecule has 3 nitrogen and oxygen atoms in total. The van der Waals surface area contributed by atoms with Gasteiger partial charge in [0.05, 0.1) is 0 Å². The molecule has 0 aromatic carbocycles. The number of carbonyl (C=O) groups excluding carboxylic acids is 1. The lowest BCUT2D eigenvalue weighted by molar-refractivity contribution is -0.117. The number of unbranched alkanes of at least 4 members (excludes halogenated alkanes) is 1. The molecule has 0 fully saturated rings. The molecule has 0 atom stereocenters. The number of carbonyl (C=O) groups is 1. The number of rotatable bonds is 6. The summed E-state index contributed by atoms with van der Waals surface area (Å²) in [7, 11) is 2.03. The minimum absolute atomic E-state index is 0.0207. The molecule has 0 saturated heterocycles. The van der Waals surface area contributed by atoms with Crippen molar-refractivity contribution in [1.29, 1.82) is 0 Å². The Morgan fingerprint density at radius 2 is 1.70 bits per heavy atom. The Morgan fingerprint density at radius 3 is 2.10 bits per heavy atom. The molecule has 0 aliphatic heterocycles. The lowest BCUT2D eigenvalue weighted by Gasteiger charge is -2.32. The summed E-state index contributed by atoms with van der Waals surface area (Å²) in [5.74, 6) is 0.0736. The van der Waals surface area contributed by atoms with E-state index in [9.17, 15) is 4.79 Å². The highest BCUT2D eigenvalue weighted by molar-refractivity contribution is 5.93. The topological polar surface area (TPSA) is 32.3 Å². The van der Waals surface area contributed by atoms with Crippen molar-refractivity contribution in [2.45, 2.75) is 73.3 Å². The normalized spacial score (nSPS) is 13.3. The van der Waals surface area contributed by atoms with E-state index in [1.165, 1.54) is 0 Å². The Kier molecular flexibility index (Phi) is 7.32. The predicted octanol–water partition coefficient (Wildman–Crippen LogP) is 3.95. The molecular weight excluding hydrogens is 248 g/mol. The van der Waals surface area contributed by atoms with E-state index in [2.05, 4.69) is 58.7 Å². The average Bonchev–Trinajstić information content (AvgIpc) is 2.25. The van der Waals surface area contributed by atoms with E-state index in [4.69, 9.17) is 0 Å². The van der Waals surface area contributed by atoms with Gasteiger partial charge in [-0.1, -0.05) is 34.1 Å². The zero-order chi connectivity index (χ0) is 16.0. The maximum Gasteiger partial charge on any atom is 0.248 e. The number of hydrogen-bond donors (Lipinski definition) is 1. The van der Waals surface area contributed by atoms with E-state index in [1.807, 2.05) is 13.2 Å². The second-order valence-electron chi connectivity index (χ2n) is 7.78. The highest BCUT2D eigenvalue weighted by Gasteiger charge is 2.21. The molecule has 20 heavy (non-hydrogen) atoms.